The fourth-order valence-electron chi connectivity index (χ4n) is 4.03. The van der Waals surface area contributed by atoms with E-state index in [1.54, 1.807) is 29.2 Å². The third-order valence-electron chi connectivity index (χ3n) is 5.67. The minimum atomic E-state index is -0.0900. The lowest BCUT2D eigenvalue weighted by atomic mass is 10.1. The zero-order chi connectivity index (χ0) is 22.8. The number of halogens is 2. The third kappa shape index (κ3) is 4.03. The van der Waals surface area contributed by atoms with E-state index in [0.717, 1.165) is 5.69 Å². The Labute approximate surface area is 196 Å². The number of nitriles is 1. The Balaban J connectivity index is 1.53. The zero-order valence-electron chi connectivity index (χ0n) is 17.2. The molecule has 32 heavy (non-hydrogen) atoms. The normalized spacial score (nSPS) is 18.3. The highest BCUT2D eigenvalue weighted by molar-refractivity contribution is 6.33. The highest BCUT2D eigenvalue weighted by atomic mass is 35.5. The molecule has 1 atom stereocenters. The van der Waals surface area contributed by atoms with Gasteiger partial charge in [-0.3, -0.25) is 4.90 Å². The number of anilines is 2. The Bertz CT molecular complexity index is 1170. The van der Waals surface area contributed by atoms with Crippen molar-refractivity contribution in [3.63, 3.8) is 0 Å². The quantitative estimate of drug-likeness (QED) is 0.307. The minimum Gasteiger partial charge on any atom is -0.333 e. The fourth-order valence-corrected chi connectivity index (χ4v) is 4.36. The summed E-state index contributed by atoms with van der Waals surface area (Å²) in [7, 11) is 0. The van der Waals surface area contributed by atoms with E-state index in [1.807, 2.05) is 28.9 Å². The highest BCUT2D eigenvalue weighted by Crippen LogP contribution is 2.34. The van der Waals surface area contributed by atoms with Crippen LogP contribution in [0.5, 0.6) is 0 Å². The molecule has 0 bridgehead atoms. The van der Waals surface area contributed by atoms with Crippen LogP contribution in [0.4, 0.5) is 16.2 Å². The summed E-state index contributed by atoms with van der Waals surface area (Å²) in [5, 5.41) is 17.3. The van der Waals surface area contributed by atoms with E-state index in [0.29, 0.717) is 59.0 Å². The standard InChI is InChI=1S/C22H19Cl2N7O/c1-14-19(8-3-15(11-25)20(14)24)31-13-18-12-29(9-10-30(18)22(31)32)21(28-26-2)27-17-6-4-16(23)5-7-17/h3-8,18H,9-10,12-13H2,1H3,(H,27,28)/t18-/m0/s1. The molecule has 10 heteroatoms. The summed E-state index contributed by atoms with van der Waals surface area (Å²) in [6.07, 6.45) is 0. The molecule has 4 rings (SSSR count). The number of rotatable bonds is 2. The number of carbonyl (C=O) groups is 1. The molecule has 2 aromatic carbocycles. The number of urea groups is 1. The number of benzene rings is 2. The van der Waals surface area contributed by atoms with Gasteiger partial charge in [0, 0.05) is 42.6 Å². The van der Waals surface area contributed by atoms with E-state index in [-0.39, 0.29) is 12.1 Å². The van der Waals surface area contributed by atoms with Crippen molar-refractivity contribution in [1.82, 2.24) is 9.80 Å². The van der Waals surface area contributed by atoms with Gasteiger partial charge in [0.1, 0.15) is 11.2 Å². The highest BCUT2D eigenvalue weighted by Gasteiger charge is 2.42. The molecular weight excluding hydrogens is 449 g/mol. The predicted octanol–water partition coefficient (Wildman–Crippen LogP) is 4.40. The summed E-state index contributed by atoms with van der Waals surface area (Å²) >= 11 is 12.3. The number of fused-ring (bicyclic) bond motifs is 1. The van der Waals surface area contributed by atoms with Crippen molar-refractivity contribution in [2.24, 2.45) is 5.10 Å². The summed E-state index contributed by atoms with van der Waals surface area (Å²) in [6.45, 7) is 11.1. The maximum atomic E-state index is 13.1. The van der Waals surface area contributed by atoms with Crippen molar-refractivity contribution in [3.05, 3.63) is 69.1 Å². The number of nitrogens with zero attached hydrogens (tertiary/aromatic N) is 6. The minimum absolute atomic E-state index is 0.0759. The van der Waals surface area contributed by atoms with Gasteiger partial charge in [0.25, 0.3) is 5.96 Å². The maximum Gasteiger partial charge on any atom is 0.325 e. The van der Waals surface area contributed by atoms with Gasteiger partial charge in [0.2, 0.25) is 0 Å². The molecule has 0 spiro atoms. The number of guanidine groups is 1. The van der Waals surface area contributed by atoms with Crippen molar-refractivity contribution in [2.75, 3.05) is 36.4 Å². The Morgan fingerprint density at radius 3 is 2.66 bits per heavy atom. The van der Waals surface area contributed by atoms with Crippen molar-refractivity contribution in [1.29, 1.82) is 5.26 Å². The lowest BCUT2D eigenvalue weighted by Crippen LogP contribution is -2.55. The van der Waals surface area contributed by atoms with Crippen LogP contribution in [0.1, 0.15) is 11.1 Å². The second-order valence-electron chi connectivity index (χ2n) is 7.52. The van der Waals surface area contributed by atoms with Gasteiger partial charge in [0.15, 0.2) is 0 Å². The lowest BCUT2D eigenvalue weighted by molar-refractivity contribution is 0.160. The van der Waals surface area contributed by atoms with Crippen LogP contribution >= 0.6 is 23.2 Å². The molecule has 2 fully saturated rings. The van der Waals surface area contributed by atoms with Crippen LogP contribution in [0.15, 0.2) is 41.5 Å². The first kappa shape index (κ1) is 21.8. The van der Waals surface area contributed by atoms with Crippen LogP contribution in [0.2, 0.25) is 10.0 Å². The molecule has 162 valence electrons. The molecule has 2 heterocycles. The molecule has 0 saturated carbocycles. The van der Waals surface area contributed by atoms with E-state index < -0.39 is 0 Å². The van der Waals surface area contributed by atoms with Crippen molar-refractivity contribution in [2.45, 2.75) is 13.0 Å². The largest absolute Gasteiger partial charge is 0.333 e. The first-order valence-electron chi connectivity index (χ1n) is 9.92. The van der Waals surface area contributed by atoms with E-state index in [9.17, 15) is 10.1 Å². The number of piperazine rings is 1. The SMILES string of the molecule is [C-]#[N+]N=C(Nc1ccc(Cl)cc1)N1CCN2C(=O)N(c3ccc(C#N)c(Cl)c3C)C[C@@H]2C1. The molecule has 8 nitrogen and oxygen atoms in total. The fraction of sp³-hybridized carbons (Fsp3) is 0.273. The van der Waals surface area contributed by atoms with Gasteiger partial charge in [-0.15, -0.1) is 4.95 Å². The molecule has 2 aliphatic heterocycles. The van der Waals surface area contributed by atoms with Gasteiger partial charge in [-0.2, -0.15) is 11.8 Å². The van der Waals surface area contributed by atoms with Crippen molar-refractivity contribution in [3.8, 4) is 6.07 Å². The molecule has 2 aliphatic rings. The smallest absolute Gasteiger partial charge is 0.325 e. The summed E-state index contributed by atoms with van der Waals surface area (Å²) in [5.74, 6) is 0.436. The summed E-state index contributed by atoms with van der Waals surface area (Å²) in [5.41, 5.74) is 2.56. The number of amides is 2. The summed E-state index contributed by atoms with van der Waals surface area (Å²) in [4.78, 5) is 21.8. The van der Waals surface area contributed by atoms with Crippen LogP contribution in [-0.4, -0.2) is 54.0 Å². The average molecular weight is 468 g/mol. The van der Waals surface area contributed by atoms with Crippen molar-refractivity contribution >= 4 is 46.6 Å². The molecule has 0 unspecified atom stereocenters. The van der Waals surface area contributed by atoms with Gasteiger partial charge in [0.05, 0.1) is 16.6 Å². The van der Waals surface area contributed by atoms with Gasteiger partial charge in [-0.25, -0.2) is 4.79 Å². The van der Waals surface area contributed by atoms with Gasteiger partial charge < -0.3 is 15.1 Å². The molecule has 0 aromatic heterocycles. The molecule has 0 radical (unpaired) electrons. The molecule has 2 amide bonds. The average Bonchev–Trinajstić information content (AvgIpc) is 3.12. The van der Waals surface area contributed by atoms with Crippen LogP contribution in [0, 0.1) is 24.8 Å². The molecule has 0 aliphatic carbocycles. The van der Waals surface area contributed by atoms with E-state index in [1.165, 1.54) is 0 Å². The van der Waals surface area contributed by atoms with Crippen LogP contribution in [0.25, 0.3) is 4.95 Å². The van der Waals surface area contributed by atoms with Gasteiger partial charge in [-0.1, -0.05) is 23.2 Å². The molecular formula is C22H19Cl2N7O. The lowest BCUT2D eigenvalue weighted by Gasteiger charge is -2.36. The van der Waals surface area contributed by atoms with Gasteiger partial charge in [-0.05, 0) is 48.9 Å². The first-order valence-corrected chi connectivity index (χ1v) is 10.7. The number of nitrogens with one attached hydrogen (secondary N) is 1. The maximum absolute atomic E-state index is 13.1. The number of hydrogen-bond donors (Lipinski definition) is 1. The zero-order valence-corrected chi connectivity index (χ0v) is 18.7. The first-order chi connectivity index (χ1) is 15.4. The van der Waals surface area contributed by atoms with E-state index in [4.69, 9.17) is 29.8 Å². The van der Waals surface area contributed by atoms with Crippen LogP contribution in [-0.2, 0) is 0 Å². The second kappa shape index (κ2) is 8.96. The second-order valence-corrected chi connectivity index (χ2v) is 8.34. The number of hydrogen-bond acceptors (Lipinski definition) is 3. The van der Waals surface area contributed by atoms with Crippen LogP contribution < -0.4 is 10.2 Å². The molecule has 2 saturated heterocycles. The Morgan fingerprint density at radius 1 is 1.22 bits per heavy atom. The topological polar surface area (TPSA) is 79.3 Å². The predicted molar refractivity (Wildman–Crippen MR) is 125 cm³/mol. The Morgan fingerprint density at radius 2 is 1.97 bits per heavy atom. The molecule has 2 aromatic rings. The van der Waals surface area contributed by atoms with Gasteiger partial charge >= 0.3 is 6.03 Å². The summed E-state index contributed by atoms with van der Waals surface area (Å²) in [6, 6.07) is 12.5. The Hall–Kier alpha value is -3.46. The van der Waals surface area contributed by atoms with Crippen LogP contribution in [0.3, 0.4) is 0 Å². The van der Waals surface area contributed by atoms with E-state index >= 15 is 0 Å². The third-order valence-corrected chi connectivity index (χ3v) is 6.41. The number of carbonyl (C=O) groups excluding carboxylic acids is 1. The van der Waals surface area contributed by atoms with E-state index in [2.05, 4.69) is 21.4 Å². The summed E-state index contributed by atoms with van der Waals surface area (Å²) < 4.78 is 0. The Kier molecular flexibility index (Phi) is 6.09. The van der Waals surface area contributed by atoms with Crippen molar-refractivity contribution < 1.29 is 4.79 Å². The monoisotopic (exact) mass is 467 g/mol. The molecule has 1 N–H and O–H groups in total.